The molecule has 0 unspecified atom stereocenters. The van der Waals surface area contributed by atoms with E-state index in [1.54, 1.807) is 0 Å². The van der Waals surface area contributed by atoms with E-state index in [9.17, 15) is 4.79 Å². The Morgan fingerprint density at radius 3 is 2.30 bits per heavy atom. The lowest BCUT2D eigenvalue weighted by atomic mass is 10.1. The first kappa shape index (κ1) is 15.9. The van der Waals surface area contributed by atoms with Gasteiger partial charge in [0.25, 0.3) is 0 Å². The molecule has 0 amide bonds. The summed E-state index contributed by atoms with van der Waals surface area (Å²) >= 11 is 4.81. The summed E-state index contributed by atoms with van der Waals surface area (Å²) in [5.41, 5.74) is 2.55. The molecule has 0 saturated heterocycles. The Bertz CT molecular complexity index is 790. The van der Waals surface area contributed by atoms with Crippen molar-refractivity contribution < 1.29 is 4.79 Å². The molecule has 0 spiro atoms. The van der Waals surface area contributed by atoms with Crippen molar-refractivity contribution in [3.63, 3.8) is 0 Å². The minimum atomic E-state index is 0.0920. The standard InChI is InChI=1S/C18H13BrN2OS/c19-15-8-6-13(7-9-15)16-10-11-18(21-20-16)23-12-17(22)14-4-2-1-3-5-14/h1-11H,12H2. The van der Waals surface area contributed by atoms with Gasteiger partial charge in [0.05, 0.1) is 11.4 Å². The fraction of sp³-hybridized carbons (Fsp3) is 0.0556. The molecule has 0 aliphatic carbocycles. The predicted octanol–water partition coefficient (Wildman–Crippen LogP) is 4.88. The Morgan fingerprint density at radius 1 is 0.913 bits per heavy atom. The Hall–Kier alpha value is -1.98. The van der Waals surface area contributed by atoms with E-state index in [1.807, 2.05) is 66.7 Å². The second-order valence-electron chi connectivity index (χ2n) is 4.84. The van der Waals surface area contributed by atoms with E-state index in [1.165, 1.54) is 11.8 Å². The Kier molecular flexibility index (Phi) is 5.20. The van der Waals surface area contributed by atoms with Crippen molar-refractivity contribution in [3.8, 4) is 11.3 Å². The van der Waals surface area contributed by atoms with Crippen LogP contribution in [0.1, 0.15) is 10.4 Å². The van der Waals surface area contributed by atoms with E-state index in [-0.39, 0.29) is 5.78 Å². The van der Waals surface area contributed by atoms with Crippen molar-refractivity contribution in [1.82, 2.24) is 10.2 Å². The van der Waals surface area contributed by atoms with E-state index < -0.39 is 0 Å². The summed E-state index contributed by atoms with van der Waals surface area (Å²) in [4.78, 5) is 12.1. The molecule has 114 valence electrons. The van der Waals surface area contributed by atoms with Gasteiger partial charge < -0.3 is 0 Å². The fourth-order valence-corrected chi connectivity index (χ4v) is 2.99. The highest BCUT2D eigenvalue weighted by Gasteiger charge is 2.07. The predicted molar refractivity (Wildman–Crippen MR) is 96.7 cm³/mol. The van der Waals surface area contributed by atoms with Crippen LogP contribution in [0.4, 0.5) is 0 Å². The minimum absolute atomic E-state index is 0.0920. The number of hydrogen-bond acceptors (Lipinski definition) is 4. The number of thioether (sulfide) groups is 1. The largest absolute Gasteiger partial charge is 0.293 e. The van der Waals surface area contributed by atoms with E-state index in [2.05, 4.69) is 26.1 Å². The maximum atomic E-state index is 12.1. The van der Waals surface area contributed by atoms with Crippen LogP contribution >= 0.6 is 27.7 Å². The summed E-state index contributed by atoms with van der Waals surface area (Å²) in [5.74, 6) is 0.449. The molecule has 0 radical (unpaired) electrons. The third kappa shape index (κ3) is 4.27. The van der Waals surface area contributed by atoms with Crippen LogP contribution in [0.5, 0.6) is 0 Å². The minimum Gasteiger partial charge on any atom is -0.293 e. The van der Waals surface area contributed by atoms with Gasteiger partial charge in [0.15, 0.2) is 5.78 Å². The van der Waals surface area contributed by atoms with Crippen molar-refractivity contribution in [3.05, 3.63) is 76.8 Å². The van der Waals surface area contributed by atoms with Gasteiger partial charge in [0, 0.05) is 15.6 Å². The average Bonchev–Trinajstić information content (AvgIpc) is 2.61. The molecular formula is C18H13BrN2OS. The molecular weight excluding hydrogens is 372 g/mol. The summed E-state index contributed by atoms with van der Waals surface area (Å²) in [7, 11) is 0. The zero-order valence-electron chi connectivity index (χ0n) is 12.1. The van der Waals surface area contributed by atoms with Crippen LogP contribution in [-0.4, -0.2) is 21.7 Å². The highest BCUT2D eigenvalue weighted by molar-refractivity contribution is 9.10. The molecule has 2 aromatic carbocycles. The van der Waals surface area contributed by atoms with Gasteiger partial charge in [-0.1, -0.05) is 70.2 Å². The number of nitrogens with zero attached hydrogens (tertiary/aromatic N) is 2. The third-order valence-electron chi connectivity index (χ3n) is 3.23. The molecule has 0 aliphatic rings. The normalized spacial score (nSPS) is 10.5. The number of aromatic nitrogens is 2. The van der Waals surface area contributed by atoms with Crippen LogP contribution in [0.3, 0.4) is 0 Å². The molecule has 0 aliphatic heterocycles. The van der Waals surface area contributed by atoms with E-state index in [0.29, 0.717) is 5.75 Å². The quantitative estimate of drug-likeness (QED) is 0.464. The third-order valence-corrected chi connectivity index (χ3v) is 4.68. The SMILES string of the molecule is O=C(CSc1ccc(-c2ccc(Br)cc2)nn1)c1ccccc1. The van der Waals surface area contributed by atoms with Gasteiger partial charge in [-0.05, 0) is 24.3 Å². The molecule has 0 atom stereocenters. The van der Waals surface area contributed by atoms with Crippen LogP contribution in [0.2, 0.25) is 0 Å². The molecule has 0 fully saturated rings. The number of rotatable bonds is 5. The lowest BCUT2D eigenvalue weighted by molar-refractivity contribution is 0.102. The lowest BCUT2D eigenvalue weighted by Crippen LogP contribution is -2.02. The van der Waals surface area contributed by atoms with Crippen molar-refractivity contribution in [2.24, 2.45) is 0 Å². The van der Waals surface area contributed by atoms with Crippen LogP contribution in [-0.2, 0) is 0 Å². The first-order valence-electron chi connectivity index (χ1n) is 7.03. The first-order chi connectivity index (χ1) is 11.2. The van der Waals surface area contributed by atoms with E-state index in [4.69, 9.17) is 0 Å². The van der Waals surface area contributed by atoms with Crippen LogP contribution in [0, 0.1) is 0 Å². The van der Waals surface area contributed by atoms with Gasteiger partial charge in [-0.3, -0.25) is 4.79 Å². The van der Waals surface area contributed by atoms with Crippen molar-refractivity contribution in [2.45, 2.75) is 5.03 Å². The lowest BCUT2D eigenvalue weighted by Gasteiger charge is -2.03. The summed E-state index contributed by atoms with van der Waals surface area (Å²) in [6.45, 7) is 0. The topological polar surface area (TPSA) is 42.9 Å². The highest BCUT2D eigenvalue weighted by atomic mass is 79.9. The van der Waals surface area contributed by atoms with Crippen LogP contribution < -0.4 is 0 Å². The molecule has 0 saturated carbocycles. The number of hydrogen-bond donors (Lipinski definition) is 0. The number of halogens is 1. The maximum Gasteiger partial charge on any atom is 0.173 e. The van der Waals surface area contributed by atoms with Gasteiger partial charge in [-0.25, -0.2) is 0 Å². The number of benzene rings is 2. The zero-order chi connectivity index (χ0) is 16.1. The molecule has 1 heterocycles. The molecule has 3 rings (SSSR count). The fourth-order valence-electron chi connectivity index (χ4n) is 2.02. The molecule has 23 heavy (non-hydrogen) atoms. The van der Waals surface area contributed by atoms with Gasteiger partial charge in [-0.2, -0.15) is 0 Å². The number of ketones is 1. The van der Waals surface area contributed by atoms with Crippen molar-refractivity contribution >= 4 is 33.5 Å². The molecule has 0 bridgehead atoms. The van der Waals surface area contributed by atoms with Crippen molar-refractivity contribution in [2.75, 3.05) is 5.75 Å². The summed E-state index contributed by atoms with van der Waals surface area (Å²) in [6.07, 6.45) is 0. The van der Waals surface area contributed by atoms with Crippen LogP contribution in [0.25, 0.3) is 11.3 Å². The second-order valence-corrected chi connectivity index (χ2v) is 6.75. The number of carbonyl (C=O) groups excluding carboxylic acids is 1. The molecule has 3 nitrogen and oxygen atoms in total. The number of carbonyl (C=O) groups is 1. The molecule has 1 aromatic heterocycles. The smallest absolute Gasteiger partial charge is 0.173 e. The first-order valence-corrected chi connectivity index (χ1v) is 8.81. The van der Waals surface area contributed by atoms with E-state index >= 15 is 0 Å². The second kappa shape index (κ2) is 7.53. The van der Waals surface area contributed by atoms with Gasteiger partial charge in [-0.15, -0.1) is 10.2 Å². The summed E-state index contributed by atoms with van der Waals surface area (Å²) in [5, 5.41) is 9.17. The van der Waals surface area contributed by atoms with Crippen molar-refractivity contribution in [1.29, 1.82) is 0 Å². The van der Waals surface area contributed by atoms with Gasteiger partial charge in [0.1, 0.15) is 5.03 Å². The summed E-state index contributed by atoms with van der Waals surface area (Å²) < 4.78 is 1.03. The molecule has 0 N–H and O–H groups in total. The monoisotopic (exact) mass is 384 g/mol. The summed E-state index contributed by atoms with van der Waals surface area (Å²) in [6, 6.07) is 21.0. The van der Waals surface area contributed by atoms with Gasteiger partial charge >= 0.3 is 0 Å². The number of Topliss-reactive ketones (excluding diaryl/α,β-unsaturated/α-hetero) is 1. The maximum absolute atomic E-state index is 12.1. The molecule has 5 heteroatoms. The van der Waals surface area contributed by atoms with Crippen LogP contribution in [0.15, 0.2) is 76.2 Å². The van der Waals surface area contributed by atoms with E-state index in [0.717, 1.165) is 26.3 Å². The zero-order valence-corrected chi connectivity index (χ0v) is 14.5. The Morgan fingerprint density at radius 2 is 1.65 bits per heavy atom. The Labute approximate surface area is 147 Å². The average molecular weight is 385 g/mol. The highest BCUT2D eigenvalue weighted by Crippen LogP contribution is 2.22. The molecule has 3 aromatic rings. The van der Waals surface area contributed by atoms with Gasteiger partial charge in [0.2, 0.25) is 0 Å². The Balaban J connectivity index is 1.64.